The zero-order chi connectivity index (χ0) is 17.6. The Morgan fingerprint density at radius 3 is 2.60 bits per heavy atom. The van der Waals surface area contributed by atoms with E-state index in [0.29, 0.717) is 19.7 Å². The summed E-state index contributed by atoms with van der Waals surface area (Å²) in [5.41, 5.74) is 0.993. The van der Waals surface area contributed by atoms with Gasteiger partial charge >= 0.3 is 0 Å². The van der Waals surface area contributed by atoms with Crippen LogP contribution in [0.3, 0.4) is 0 Å². The van der Waals surface area contributed by atoms with E-state index in [0.717, 1.165) is 38.2 Å². The molecule has 0 radical (unpaired) electrons. The van der Waals surface area contributed by atoms with Crippen LogP contribution in [0.1, 0.15) is 26.2 Å². The second kappa shape index (κ2) is 8.63. The summed E-state index contributed by atoms with van der Waals surface area (Å²) in [5, 5.41) is 0. The van der Waals surface area contributed by atoms with E-state index in [1.54, 1.807) is 12.1 Å². The van der Waals surface area contributed by atoms with Crippen molar-refractivity contribution in [3.63, 3.8) is 0 Å². The molecule has 1 aromatic rings. The van der Waals surface area contributed by atoms with E-state index in [1.807, 2.05) is 11.8 Å². The fraction of sp³-hybridized carbons (Fsp3) is 0.632. The molecule has 0 N–H and O–H groups in total. The SMILES string of the molecule is CC(OCC1CCCCO1)C(=O)N1CCN(c2ccc(F)cc2)CC1. The zero-order valence-electron chi connectivity index (χ0n) is 14.8. The van der Waals surface area contributed by atoms with Crippen LogP contribution < -0.4 is 4.90 Å². The molecule has 2 unspecified atom stereocenters. The summed E-state index contributed by atoms with van der Waals surface area (Å²) in [5.74, 6) is -0.194. The van der Waals surface area contributed by atoms with Gasteiger partial charge in [-0.05, 0) is 50.5 Å². The number of piperazine rings is 1. The number of carbonyl (C=O) groups is 1. The molecule has 0 saturated carbocycles. The number of nitrogens with zero attached hydrogens (tertiary/aromatic N) is 2. The number of ether oxygens (including phenoxy) is 2. The minimum atomic E-state index is -0.442. The molecule has 6 heteroatoms. The molecule has 2 atom stereocenters. The monoisotopic (exact) mass is 350 g/mol. The molecular formula is C19H27FN2O3. The summed E-state index contributed by atoms with van der Waals surface area (Å²) < 4.78 is 24.4. The fourth-order valence-electron chi connectivity index (χ4n) is 3.36. The van der Waals surface area contributed by atoms with Crippen LogP contribution in [0, 0.1) is 5.82 Å². The van der Waals surface area contributed by atoms with Gasteiger partial charge in [-0.25, -0.2) is 4.39 Å². The standard InChI is InChI=1S/C19H27FN2O3/c1-15(25-14-18-4-2-3-13-24-18)19(23)22-11-9-21(10-12-22)17-7-5-16(20)6-8-17/h5-8,15,18H,2-4,9-14H2,1H3. The van der Waals surface area contributed by atoms with Gasteiger partial charge in [0.05, 0.1) is 12.7 Å². The lowest BCUT2D eigenvalue weighted by atomic mass is 10.1. The Balaban J connectivity index is 1.43. The first kappa shape index (κ1) is 18.1. The van der Waals surface area contributed by atoms with Gasteiger partial charge in [0.2, 0.25) is 0 Å². The Hall–Kier alpha value is -1.66. The summed E-state index contributed by atoms with van der Waals surface area (Å²) in [6.45, 7) is 5.90. The molecule has 2 aliphatic heterocycles. The topological polar surface area (TPSA) is 42.0 Å². The lowest BCUT2D eigenvalue weighted by molar-refractivity contribution is -0.146. The molecule has 2 aliphatic rings. The van der Waals surface area contributed by atoms with Crippen LogP contribution >= 0.6 is 0 Å². The highest BCUT2D eigenvalue weighted by Crippen LogP contribution is 2.18. The molecule has 1 aromatic carbocycles. The fourth-order valence-corrected chi connectivity index (χ4v) is 3.36. The average Bonchev–Trinajstić information content (AvgIpc) is 2.67. The lowest BCUT2D eigenvalue weighted by Gasteiger charge is -2.37. The molecule has 138 valence electrons. The minimum absolute atomic E-state index is 0.0366. The van der Waals surface area contributed by atoms with Gasteiger partial charge in [-0.2, -0.15) is 0 Å². The van der Waals surface area contributed by atoms with Crippen LogP contribution in [0.4, 0.5) is 10.1 Å². The van der Waals surface area contributed by atoms with Crippen molar-refractivity contribution in [3.05, 3.63) is 30.1 Å². The predicted octanol–water partition coefficient (Wildman–Crippen LogP) is 2.45. The average molecular weight is 350 g/mol. The molecular weight excluding hydrogens is 323 g/mol. The Labute approximate surface area is 148 Å². The summed E-state index contributed by atoms with van der Waals surface area (Å²) >= 11 is 0. The third kappa shape index (κ3) is 4.92. The third-order valence-corrected chi connectivity index (χ3v) is 4.94. The molecule has 0 aromatic heterocycles. The van der Waals surface area contributed by atoms with E-state index in [4.69, 9.17) is 9.47 Å². The van der Waals surface area contributed by atoms with E-state index in [1.165, 1.54) is 18.6 Å². The lowest BCUT2D eigenvalue weighted by Crippen LogP contribution is -2.51. The Morgan fingerprint density at radius 2 is 1.96 bits per heavy atom. The Morgan fingerprint density at radius 1 is 1.24 bits per heavy atom. The molecule has 0 aliphatic carbocycles. The van der Waals surface area contributed by atoms with Crippen LogP contribution in [-0.4, -0.2) is 62.4 Å². The van der Waals surface area contributed by atoms with Crippen LogP contribution in [0.2, 0.25) is 0 Å². The first-order valence-electron chi connectivity index (χ1n) is 9.16. The van der Waals surface area contributed by atoms with Crippen molar-refractivity contribution in [2.24, 2.45) is 0 Å². The maximum atomic E-state index is 13.0. The van der Waals surface area contributed by atoms with Crippen molar-refractivity contribution in [3.8, 4) is 0 Å². The molecule has 2 fully saturated rings. The Kier molecular flexibility index (Phi) is 6.26. The second-order valence-electron chi connectivity index (χ2n) is 6.75. The quantitative estimate of drug-likeness (QED) is 0.818. The van der Waals surface area contributed by atoms with E-state index < -0.39 is 6.10 Å². The third-order valence-electron chi connectivity index (χ3n) is 4.94. The van der Waals surface area contributed by atoms with Crippen LogP contribution in [0.25, 0.3) is 0 Å². The number of hydrogen-bond donors (Lipinski definition) is 0. The molecule has 5 nitrogen and oxygen atoms in total. The van der Waals surface area contributed by atoms with Gasteiger partial charge in [0.25, 0.3) is 5.91 Å². The zero-order valence-corrected chi connectivity index (χ0v) is 14.8. The Bertz CT molecular complexity index is 552. The van der Waals surface area contributed by atoms with Gasteiger partial charge in [-0.15, -0.1) is 0 Å². The molecule has 1 amide bonds. The van der Waals surface area contributed by atoms with Crippen molar-refractivity contribution < 1.29 is 18.7 Å². The summed E-state index contributed by atoms with van der Waals surface area (Å²) in [4.78, 5) is 16.6. The number of halogens is 1. The molecule has 25 heavy (non-hydrogen) atoms. The predicted molar refractivity (Wildman–Crippen MR) is 94.2 cm³/mol. The number of carbonyl (C=O) groups excluding carboxylic acids is 1. The van der Waals surface area contributed by atoms with Gasteiger partial charge in [0.1, 0.15) is 11.9 Å². The van der Waals surface area contributed by atoms with E-state index in [2.05, 4.69) is 4.90 Å². The van der Waals surface area contributed by atoms with Gasteiger partial charge in [0.15, 0.2) is 0 Å². The number of rotatable bonds is 5. The van der Waals surface area contributed by atoms with Crippen molar-refractivity contribution in [1.29, 1.82) is 0 Å². The summed E-state index contributed by atoms with van der Waals surface area (Å²) in [6.07, 6.45) is 2.98. The van der Waals surface area contributed by atoms with Crippen LogP contribution in [0.5, 0.6) is 0 Å². The molecule has 2 heterocycles. The van der Waals surface area contributed by atoms with E-state index >= 15 is 0 Å². The first-order valence-corrected chi connectivity index (χ1v) is 9.16. The van der Waals surface area contributed by atoms with Gasteiger partial charge < -0.3 is 19.3 Å². The maximum Gasteiger partial charge on any atom is 0.251 e. The van der Waals surface area contributed by atoms with Gasteiger partial charge in [-0.3, -0.25) is 4.79 Å². The van der Waals surface area contributed by atoms with Crippen molar-refractivity contribution in [1.82, 2.24) is 4.90 Å². The largest absolute Gasteiger partial charge is 0.376 e. The summed E-state index contributed by atoms with van der Waals surface area (Å²) in [6, 6.07) is 6.50. The van der Waals surface area contributed by atoms with Gasteiger partial charge in [-0.1, -0.05) is 0 Å². The number of hydrogen-bond acceptors (Lipinski definition) is 4. The van der Waals surface area contributed by atoms with Gasteiger partial charge in [0, 0.05) is 38.5 Å². The maximum absolute atomic E-state index is 13.0. The number of anilines is 1. The van der Waals surface area contributed by atoms with Crippen molar-refractivity contribution in [2.45, 2.75) is 38.4 Å². The first-order chi connectivity index (χ1) is 12.1. The van der Waals surface area contributed by atoms with Crippen molar-refractivity contribution >= 4 is 11.6 Å². The van der Waals surface area contributed by atoms with Crippen LogP contribution in [-0.2, 0) is 14.3 Å². The molecule has 2 saturated heterocycles. The number of benzene rings is 1. The second-order valence-corrected chi connectivity index (χ2v) is 6.75. The normalized spacial score (nSPS) is 22.7. The molecule has 3 rings (SSSR count). The van der Waals surface area contributed by atoms with Crippen LogP contribution in [0.15, 0.2) is 24.3 Å². The highest BCUT2D eigenvalue weighted by Gasteiger charge is 2.26. The number of amides is 1. The molecule has 0 bridgehead atoms. The highest BCUT2D eigenvalue weighted by atomic mass is 19.1. The van der Waals surface area contributed by atoms with E-state index in [9.17, 15) is 9.18 Å². The summed E-state index contributed by atoms with van der Waals surface area (Å²) in [7, 11) is 0. The molecule has 0 spiro atoms. The van der Waals surface area contributed by atoms with Crippen molar-refractivity contribution in [2.75, 3.05) is 44.3 Å². The smallest absolute Gasteiger partial charge is 0.251 e. The minimum Gasteiger partial charge on any atom is -0.376 e. The van der Waals surface area contributed by atoms with E-state index in [-0.39, 0.29) is 17.8 Å². The highest BCUT2D eigenvalue weighted by molar-refractivity contribution is 5.80.